The lowest BCUT2D eigenvalue weighted by Crippen LogP contribution is -2.27. The van der Waals surface area contributed by atoms with Gasteiger partial charge in [-0.05, 0) is 0 Å². The zero-order chi connectivity index (χ0) is 10.9. The van der Waals surface area contributed by atoms with E-state index in [-0.39, 0.29) is 0 Å². The minimum atomic E-state index is -1.62. The molecule has 1 aromatic rings. The van der Waals surface area contributed by atoms with Crippen LogP contribution in [0.3, 0.4) is 0 Å². The summed E-state index contributed by atoms with van der Waals surface area (Å²) in [6, 6.07) is 1.28. The van der Waals surface area contributed by atoms with Crippen LogP contribution in [0.2, 0.25) is 0 Å². The van der Waals surface area contributed by atoms with Gasteiger partial charge in [-0.25, -0.2) is 17.6 Å². The van der Waals surface area contributed by atoms with Crippen LogP contribution in [0.5, 0.6) is 0 Å². The van der Waals surface area contributed by atoms with Gasteiger partial charge in [-0.15, -0.1) is 0 Å². The molecule has 0 saturated carbocycles. The van der Waals surface area contributed by atoms with Gasteiger partial charge in [0.25, 0.3) is 0 Å². The summed E-state index contributed by atoms with van der Waals surface area (Å²) >= 11 is 0. The number of hydrogen-bond acceptors (Lipinski definition) is 1. The zero-order valence-corrected chi connectivity index (χ0v) is 6.74. The molecule has 72 valence electrons. The van der Waals surface area contributed by atoms with Crippen molar-refractivity contribution in [2.45, 2.75) is 0 Å². The number of rotatable bonds is 0. The van der Waals surface area contributed by atoms with E-state index >= 15 is 0 Å². The second kappa shape index (κ2) is 3.50. The first-order valence-electron chi connectivity index (χ1n) is 3.41. The van der Waals surface area contributed by atoms with E-state index in [2.05, 4.69) is 6.58 Å². The van der Waals surface area contributed by atoms with Crippen LogP contribution >= 0.6 is 0 Å². The van der Waals surface area contributed by atoms with Crippen LogP contribution in [-0.2, 0) is 0 Å². The Morgan fingerprint density at radius 2 is 1.43 bits per heavy atom. The van der Waals surface area contributed by atoms with Crippen LogP contribution in [0, 0.1) is 34.6 Å². The van der Waals surface area contributed by atoms with Gasteiger partial charge in [-0.3, -0.25) is 0 Å². The van der Waals surface area contributed by atoms with Crippen molar-refractivity contribution in [3.63, 3.8) is 0 Å². The van der Waals surface area contributed by atoms with Gasteiger partial charge in [0.1, 0.15) is 0 Å². The highest BCUT2D eigenvalue weighted by atomic mass is 19.2. The molecular weight excluding hydrogens is 198 g/mol. The summed E-state index contributed by atoms with van der Waals surface area (Å²) in [5.74, 6) is -6.42. The number of nitrogens with zero attached hydrogens (tertiary/aromatic N) is 1. The molecule has 0 atom stereocenters. The van der Waals surface area contributed by atoms with Crippen molar-refractivity contribution in [2.75, 3.05) is 0 Å². The zero-order valence-electron chi connectivity index (χ0n) is 6.74. The Balaban J connectivity index is 3.91. The molecule has 1 nitrogen and oxygen atoms in total. The third kappa shape index (κ3) is 1.35. The smallest absolute Gasteiger partial charge is 0.170 e. The van der Waals surface area contributed by atoms with Gasteiger partial charge in [0, 0.05) is 11.3 Å². The lowest BCUT2D eigenvalue weighted by molar-refractivity contribution is 0.436. The second-order valence-corrected chi connectivity index (χ2v) is 2.42. The molecular formula is C9H3F4N. The van der Waals surface area contributed by atoms with E-state index in [0.29, 0.717) is 6.08 Å². The quantitative estimate of drug-likeness (QED) is 0.453. The van der Waals surface area contributed by atoms with Gasteiger partial charge in [0.15, 0.2) is 23.3 Å². The number of halogens is 4. The molecule has 5 heteroatoms. The third-order valence-corrected chi connectivity index (χ3v) is 1.60. The fourth-order valence-corrected chi connectivity index (χ4v) is 0.885. The van der Waals surface area contributed by atoms with Crippen LogP contribution in [0.4, 0.5) is 17.6 Å². The van der Waals surface area contributed by atoms with Gasteiger partial charge < -0.3 is 0 Å². The van der Waals surface area contributed by atoms with E-state index < -0.39 is 33.7 Å². The first-order chi connectivity index (χ1) is 6.50. The Hall–Kier alpha value is -1.83. The number of hydrogen-bond donors (Lipinski definition) is 0. The van der Waals surface area contributed by atoms with Gasteiger partial charge in [-0.1, -0.05) is 6.58 Å². The molecule has 1 aromatic carbocycles. The minimum absolute atomic E-state index is 0.385. The van der Waals surface area contributed by atoms with Crippen LogP contribution in [0.25, 0.3) is 12.7 Å². The van der Waals surface area contributed by atoms with Gasteiger partial charge in [0.2, 0.25) is 0 Å². The summed E-state index contributed by atoms with van der Waals surface area (Å²) < 4.78 is 51.3. The lowest BCUT2D eigenvalue weighted by Gasteiger charge is -1.98. The molecule has 0 radical (unpaired) electrons. The van der Waals surface area contributed by atoms with Crippen molar-refractivity contribution in [3.05, 3.63) is 33.7 Å². The van der Waals surface area contributed by atoms with E-state index in [0.717, 1.165) is 0 Å². The van der Waals surface area contributed by atoms with E-state index in [1.165, 1.54) is 6.07 Å². The average molecular weight is 201 g/mol. The number of benzene rings is 1. The highest BCUT2D eigenvalue weighted by Gasteiger charge is 2.15. The topological polar surface area (TPSA) is 23.8 Å². The maximum absolute atomic E-state index is 12.9. The molecule has 0 aromatic heterocycles. The summed E-state index contributed by atoms with van der Waals surface area (Å²) in [5, 5.41) is 6.10. The largest absolute Gasteiger partial charge is 0.203 e. The Kier molecular flexibility index (Phi) is 2.56. The van der Waals surface area contributed by atoms with Crippen LogP contribution in [-0.4, -0.2) is 0 Å². The molecule has 0 unspecified atom stereocenters. The minimum Gasteiger partial charge on any atom is -0.203 e. The van der Waals surface area contributed by atoms with Gasteiger partial charge >= 0.3 is 0 Å². The Bertz CT molecular complexity index is 492. The molecule has 0 aliphatic carbocycles. The van der Waals surface area contributed by atoms with Crippen molar-refractivity contribution in [1.82, 2.24) is 0 Å². The fourth-order valence-electron chi connectivity index (χ4n) is 0.885. The van der Waals surface area contributed by atoms with Crippen molar-refractivity contribution in [1.29, 1.82) is 5.26 Å². The fraction of sp³-hybridized carbons (Fsp3) is 0. The van der Waals surface area contributed by atoms with Crippen LogP contribution < -0.4 is 10.4 Å². The standard InChI is InChI=1S/C9H3F4N/c1-4-6(10)8(12)5(2-3-14)9(13)7(4)11/h2H,1H2. The van der Waals surface area contributed by atoms with Crippen molar-refractivity contribution in [2.24, 2.45) is 0 Å². The van der Waals surface area contributed by atoms with Crippen molar-refractivity contribution < 1.29 is 17.6 Å². The molecule has 0 aliphatic heterocycles. The molecule has 0 fully saturated rings. The van der Waals surface area contributed by atoms with Gasteiger partial charge in [-0.2, -0.15) is 5.26 Å². The Morgan fingerprint density at radius 1 is 1.00 bits per heavy atom. The highest BCUT2D eigenvalue weighted by molar-refractivity contribution is 5.41. The summed E-state index contributed by atoms with van der Waals surface area (Å²) in [5.41, 5.74) is 0. The molecule has 14 heavy (non-hydrogen) atoms. The average Bonchev–Trinajstić information content (AvgIpc) is 2.19. The predicted molar refractivity (Wildman–Crippen MR) is 41.1 cm³/mol. The third-order valence-electron chi connectivity index (χ3n) is 1.60. The van der Waals surface area contributed by atoms with Crippen molar-refractivity contribution >= 4 is 12.7 Å². The first kappa shape index (κ1) is 10.3. The first-order valence-corrected chi connectivity index (χ1v) is 3.41. The summed E-state index contributed by atoms with van der Waals surface area (Å²) in [6.45, 7) is 2.82. The van der Waals surface area contributed by atoms with E-state index in [9.17, 15) is 17.6 Å². The number of nitriles is 1. The van der Waals surface area contributed by atoms with Crippen molar-refractivity contribution in [3.8, 4) is 6.07 Å². The maximum atomic E-state index is 12.9. The normalized spacial score (nSPS) is 9.64. The Labute approximate surface area is 76.2 Å². The molecule has 0 saturated heterocycles. The van der Waals surface area contributed by atoms with E-state index in [1.54, 1.807) is 0 Å². The van der Waals surface area contributed by atoms with Crippen LogP contribution in [0.1, 0.15) is 0 Å². The second-order valence-electron chi connectivity index (χ2n) is 2.42. The van der Waals surface area contributed by atoms with E-state index in [4.69, 9.17) is 5.26 Å². The molecule has 0 amide bonds. The summed E-state index contributed by atoms with van der Waals surface area (Å²) in [6.07, 6.45) is 0.385. The summed E-state index contributed by atoms with van der Waals surface area (Å²) in [4.78, 5) is 0. The highest BCUT2D eigenvalue weighted by Crippen LogP contribution is 2.00. The molecule has 0 bridgehead atoms. The summed E-state index contributed by atoms with van der Waals surface area (Å²) in [7, 11) is 0. The predicted octanol–water partition coefficient (Wildman–Crippen LogP) is 0.957. The maximum Gasteiger partial charge on any atom is 0.170 e. The lowest BCUT2D eigenvalue weighted by atomic mass is 10.2. The van der Waals surface area contributed by atoms with Gasteiger partial charge in [0.05, 0.1) is 11.3 Å². The monoisotopic (exact) mass is 201 g/mol. The molecule has 0 spiro atoms. The molecule has 0 heterocycles. The SMILES string of the molecule is C=c1c(F)c(F)c(=CC#N)c(F)c1F. The van der Waals surface area contributed by atoms with E-state index in [1.807, 2.05) is 0 Å². The molecule has 0 N–H and O–H groups in total. The van der Waals surface area contributed by atoms with Crippen LogP contribution in [0.15, 0.2) is 0 Å². The Morgan fingerprint density at radius 3 is 1.79 bits per heavy atom. The molecule has 1 rings (SSSR count). The molecule has 0 aliphatic rings.